The van der Waals surface area contributed by atoms with Gasteiger partial charge in [-0.15, -0.1) is 0 Å². The molecule has 4 aromatic rings. The van der Waals surface area contributed by atoms with E-state index in [4.69, 9.17) is 9.26 Å². The minimum absolute atomic E-state index is 0.104. The number of benzene rings is 2. The number of carbonyl (C=O) groups excluding carboxylic acids is 1. The standard InChI is InChI=1S/C19H15N3O3S/c23-18(11-16-15-3-1-2-4-17(15)25-22-16)21-12-13-5-7-14(8-6-13)24-19-20-9-10-26-19/h1-10H,11-12H2,(H,21,23). The van der Waals surface area contributed by atoms with E-state index in [0.717, 1.165) is 10.9 Å². The highest BCUT2D eigenvalue weighted by Gasteiger charge is 2.11. The van der Waals surface area contributed by atoms with Gasteiger partial charge in [-0.2, -0.15) is 0 Å². The van der Waals surface area contributed by atoms with Crippen LogP contribution in [0.3, 0.4) is 0 Å². The van der Waals surface area contributed by atoms with Crippen molar-refractivity contribution in [2.24, 2.45) is 0 Å². The van der Waals surface area contributed by atoms with Crippen LogP contribution in [-0.2, 0) is 17.8 Å². The number of hydrogen-bond donors (Lipinski definition) is 1. The van der Waals surface area contributed by atoms with Crippen LogP contribution in [0, 0.1) is 0 Å². The van der Waals surface area contributed by atoms with E-state index in [1.54, 1.807) is 6.20 Å². The molecule has 4 rings (SSSR count). The molecule has 0 saturated heterocycles. The summed E-state index contributed by atoms with van der Waals surface area (Å²) in [5, 5.41) is 10.2. The van der Waals surface area contributed by atoms with Crippen molar-refractivity contribution >= 4 is 28.2 Å². The van der Waals surface area contributed by atoms with Gasteiger partial charge in [0.25, 0.3) is 5.19 Å². The van der Waals surface area contributed by atoms with Gasteiger partial charge >= 0.3 is 0 Å². The van der Waals surface area contributed by atoms with Gasteiger partial charge in [0.15, 0.2) is 5.58 Å². The maximum absolute atomic E-state index is 12.2. The highest BCUT2D eigenvalue weighted by molar-refractivity contribution is 7.11. The second-order valence-electron chi connectivity index (χ2n) is 5.62. The lowest BCUT2D eigenvalue weighted by molar-refractivity contribution is -0.120. The Morgan fingerprint density at radius 2 is 2.00 bits per heavy atom. The minimum Gasteiger partial charge on any atom is -0.431 e. The van der Waals surface area contributed by atoms with Gasteiger partial charge in [0.1, 0.15) is 11.4 Å². The zero-order valence-electron chi connectivity index (χ0n) is 13.7. The van der Waals surface area contributed by atoms with Crippen molar-refractivity contribution in [1.29, 1.82) is 0 Å². The lowest BCUT2D eigenvalue weighted by Gasteiger charge is -2.06. The van der Waals surface area contributed by atoms with Crippen molar-refractivity contribution in [3.63, 3.8) is 0 Å². The average Bonchev–Trinajstić information content (AvgIpc) is 3.32. The van der Waals surface area contributed by atoms with E-state index in [1.807, 2.05) is 53.9 Å². The van der Waals surface area contributed by atoms with E-state index in [1.165, 1.54) is 11.3 Å². The van der Waals surface area contributed by atoms with E-state index >= 15 is 0 Å². The summed E-state index contributed by atoms with van der Waals surface area (Å²) in [6.45, 7) is 0.437. The molecule has 0 radical (unpaired) electrons. The molecule has 0 fully saturated rings. The lowest BCUT2D eigenvalue weighted by Crippen LogP contribution is -2.24. The van der Waals surface area contributed by atoms with E-state index < -0.39 is 0 Å². The highest BCUT2D eigenvalue weighted by Crippen LogP contribution is 2.23. The fourth-order valence-electron chi connectivity index (χ4n) is 2.52. The molecule has 2 heterocycles. The highest BCUT2D eigenvalue weighted by atomic mass is 32.1. The van der Waals surface area contributed by atoms with Crippen LogP contribution in [0.15, 0.2) is 64.6 Å². The first-order chi connectivity index (χ1) is 12.8. The molecule has 2 aromatic heterocycles. The van der Waals surface area contributed by atoms with Crippen LogP contribution in [0.1, 0.15) is 11.3 Å². The van der Waals surface area contributed by atoms with Crippen molar-refractivity contribution in [3.05, 3.63) is 71.4 Å². The van der Waals surface area contributed by atoms with Crippen molar-refractivity contribution in [2.45, 2.75) is 13.0 Å². The first-order valence-corrected chi connectivity index (χ1v) is 8.92. The fourth-order valence-corrected chi connectivity index (χ4v) is 3.02. The Labute approximate surface area is 153 Å². The van der Waals surface area contributed by atoms with Crippen LogP contribution in [-0.4, -0.2) is 16.0 Å². The molecule has 0 atom stereocenters. The predicted octanol–water partition coefficient (Wildman–Crippen LogP) is 3.94. The summed E-state index contributed by atoms with van der Waals surface area (Å²) in [6, 6.07) is 15.0. The number of rotatable bonds is 6. The van der Waals surface area contributed by atoms with E-state index in [0.29, 0.717) is 28.8 Å². The Morgan fingerprint density at radius 1 is 1.15 bits per heavy atom. The largest absolute Gasteiger partial charge is 0.431 e. The van der Waals surface area contributed by atoms with Gasteiger partial charge in [-0.05, 0) is 29.8 Å². The van der Waals surface area contributed by atoms with Crippen LogP contribution >= 0.6 is 11.3 Å². The van der Waals surface area contributed by atoms with Crippen molar-refractivity contribution in [1.82, 2.24) is 15.5 Å². The van der Waals surface area contributed by atoms with Crippen molar-refractivity contribution < 1.29 is 14.1 Å². The molecule has 1 N–H and O–H groups in total. The van der Waals surface area contributed by atoms with Crippen LogP contribution in [0.2, 0.25) is 0 Å². The van der Waals surface area contributed by atoms with Crippen LogP contribution in [0.4, 0.5) is 0 Å². The molecule has 0 spiro atoms. The number of ether oxygens (including phenoxy) is 1. The smallest absolute Gasteiger partial charge is 0.278 e. The molecule has 0 aliphatic rings. The molecule has 0 aliphatic heterocycles. The summed E-state index contributed by atoms with van der Waals surface area (Å²) >= 11 is 1.43. The number of carbonyl (C=O) groups is 1. The first kappa shape index (κ1) is 16.3. The van der Waals surface area contributed by atoms with Gasteiger partial charge in [0.2, 0.25) is 5.91 Å². The number of nitrogens with zero attached hydrogens (tertiary/aromatic N) is 2. The van der Waals surface area contributed by atoms with E-state index in [2.05, 4.69) is 15.5 Å². The second-order valence-corrected chi connectivity index (χ2v) is 6.48. The van der Waals surface area contributed by atoms with E-state index in [-0.39, 0.29) is 12.3 Å². The molecule has 0 unspecified atom stereocenters. The molecule has 2 aromatic carbocycles. The minimum atomic E-state index is -0.104. The average molecular weight is 365 g/mol. The fraction of sp³-hybridized carbons (Fsp3) is 0.105. The summed E-state index contributed by atoms with van der Waals surface area (Å²) in [5.74, 6) is 0.608. The SMILES string of the molecule is O=C(Cc1noc2ccccc12)NCc1ccc(Oc2nccs2)cc1. The molecule has 130 valence electrons. The molecule has 0 bridgehead atoms. The summed E-state index contributed by atoms with van der Waals surface area (Å²) in [4.78, 5) is 16.3. The molecule has 0 aliphatic carbocycles. The predicted molar refractivity (Wildman–Crippen MR) is 98.2 cm³/mol. The van der Waals surface area contributed by atoms with Gasteiger partial charge in [0, 0.05) is 23.5 Å². The number of aromatic nitrogens is 2. The Kier molecular flexibility index (Phi) is 4.61. The topological polar surface area (TPSA) is 77.2 Å². The number of nitrogens with one attached hydrogen (secondary N) is 1. The molecule has 26 heavy (non-hydrogen) atoms. The van der Waals surface area contributed by atoms with Gasteiger partial charge < -0.3 is 14.6 Å². The molecule has 6 nitrogen and oxygen atoms in total. The quantitative estimate of drug-likeness (QED) is 0.560. The summed E-state index contributed by atoms with van der Waals surface area (Å²) in [6.07, 6.45) is 1.88. The van der Waals surface area contributed by atoms with Gasteiger partial charge in [-0.1, -0.05) is 40.8 Å². The van der Waals surface area contributed by atoms with Crippen LogP contribution in [0.5, 0.6) is 10.9 Å². The number of fused-ring (bicyclic) bond motifs is 1. The van der Waals surface area contributed by atoms with Crippen LogP contribution < -0.4 is 10.1 Å². The zero-order chi connectivity index (χ0) is 17.8. The Morgan fingerprint density at radius 3 is 2.81 bits per heavy atom. The number of thiazole rings is 1. The molecular weight excluding hydrogens is 350 g/mol. The second kappa shape index (κ2) is 7.37. The zero-order valence-corrected chi connectivity index (χ0v) is 14.5. The lowest BCUT2D eigenvalue weighted by atomic mass is 10.1. The molecular formula is C19H15N3O3S. The third-order valence-electron chi connectivity index (χ3n) is 3.81. The molecule has 7 heteroatoms. The Bertz CT molecular complexity index is 1010. The van der Waals surface area contributed by atoms with Gasteiger partial charge in [-0.3, -0.25) is 4.79 Å². The maximum atomic E-state index is 12.2. The number of para-hydroxylation sites is 1. The molecule has 1 amide bonds. The maximum Gasteiger partial charge on any atom is 0.278 e. The third kappa shape index (κ3) is 3.73. The Hall–Kier alpha value is -3.19. The summed E-state index contributed by atoms with van der Waals surface area (Å²) in [5.41, 5.74) is 2.31. The third-order valence-corrected chi connectivity index (χ3v) is 4.46. The summed E-state index contributed by atoms with van der Waals surface area (Å²) < 4.78 is 10.8. The van der Waals surface area contributed by atoms with Gasteiger partial charge in [0.05, 0.1) is 6.42 Å². The Balaban J connectivity index is 1.32. The van der Waals surface area contributed by atoms with Crippen molar-refractivity contribution in [3.8, 4) is 10.9 Å². The number of amides is 1. The first-order valence-electron chi connectivity index (χ1n) is 8.04. The van der Waals surface area contributed by atoms with Crippen LogP contribution in [0.25, 0.3) is 11.0 Å². The van der Waals surface area contributed by atoms with Crippen molar-refractivity contribution in [2.75, 3.05) is 0 Å². The monoisotopic (exact) mass is 365 g/mol. The van der Waals surface area contributed by atoms with Gasteiger partial charge in [-0.25, -0.2) is 4.98 Å². The van der Waals surface area contributed by atoms with E-state index in [9.17, 15) is 4.79 Å². The normalized spacial score (nSPS) is 10.8. The molecule has 0 saturated carbocycles. The summed E-state index contributed by atoms with van der Waals surface area (Å²) in [7, 11) is 0. The number of hydrogen-bond acceptors (Lipinski definition) is 6.